The molecule has 0 amide bonds. The maximum atomic E-state index is 11.9. The van der Waals surface area contributed by atoms with Gasteiger partial charge >= 0.3 is 0 Å². The van der Waals surface area contributed by atoms with Crippen LogP contribution in [-0.2, 0) is 4.79 Å². The number of hydrogen-bond donors (Lipinski definition) is 1. The van der Waals surface area contributed by atoms with Crippen LogP contribution in [0.4, 0.5) is 0 Å². The summed E-state index contributed by atoms with van der Waals surface area (Å²) >= 11 is 0. The molecule has 0 bridgehead atoms. The van der Waals surface area contributed by atoms with Gasteiger partial charge in [-0.05, 0) is 85.4 Å². The van der Waals surface area contributed by atoms with Crippen LogP contribution in [0, 0.1) is 46.8 Å². The van der Waals surface area contributed by atoms with Gasteiger partial charge < -0.3 is 10.5 Å². The molecule has 0 spiro atoms. The Hall–Kier alpha value is -0.630. The first-order chi connectivity index (χ1) is 14.1. The fourth-order valence-corrected chi connectivity index (χ4v) is 9.08. The van der Waals surface area contributed by atoms with Gasteiger partial charge in [-0.2, -0.15) is 0 Å². The van der Waals surface area contributed by atoms with Crippen molar-refractivity contribution in [3.05, 3.63) is 12.2 Å². The van der Waals surface area contributed by atoms with E-state index in [0.717, 1.165) is 35.9 Å². The summed E-state index contributed by atoms with van der Waals surface area (Å²) in [7, 11) is 0. The van der Waals surface area contributed by atoms with Crippen molar-refractivity contribution >= 4 is 6.29 Å². The largest absolute Gasteiger partial charge is 0.321 e. The fourth-order valence-electron chi connectivity index (χ4n) is 9.08. The number of carbonyl (C=O) groups is 1. The van der Waals surface area contributed by atoms with Gasteiger partial charge in [-0.1, -0.05) is 69.9 Å². The van der Waals surface area contributed by atoms with Crippen molar-refractivity contribution in [1.82, 2.24) is 0 Å². The van der Waals surface area contributed by atoms with Crippen molar-refractivity contribution in [2.75, 3.05) is 0 Å². The summed E-state index contributed by atoms with van der Waals surface area (Å²) in [6.07, 6.45) is 21.8. The fraction of sp³-hybridized carbons (Fsp3) is 0.889. The van der Waals surface area contributed by atoms with Crippen LogP contribution in [0.5, 0.6) is 0 Å². The van der Waals surface area contributed by atoms with Crippen LogP contribution < -0.4 is 5.73 Å². The third-order valence-corrected chi connectivity index (χ3v) is 10.6. The molecule has 2 heteroatoms. The number of nitrogens with two attached hydrogens (primary N) is 1. The Morgan fingerprint density at radius 1 is 1.00 bits per heavy atom. The van der Waals surface area contributed by atoms with Crippen molar-refractivity contribution < 1.29 is 4.79 Å². The second-order valence-electron chi connectivity index (χ2n) is 11.7. The Morgan fingerprint density at radius 2 is 1.72 bits per heavy atom. The van der Waals surface area contributed by atoms with Crippen molar-refractivity contribution in [2.24, 2.45) is 52.6 Å². The molecule has 0 unspecified atom stereocenters. The minimum atomic E-state index is -0.236. The van der Waals surface area contributed by atoms with Crippen LogP contribution in [0.25, 0.3) is 0 Å². The molecule has 5 rings (SSSR count). The summed E-state index contributed by atoms with van der Waals surface area (Å²) in [5, 5.41) is 0. The van der Waals surface area contributed by atoms with E-state index in [0.29, 0.717) is 11.8 Å². The second kappa shape index (κ2) is 8.13. The van der Waals surface area contributed by atoms with Gasteiger partial charge in [0.2, 0.25) is 0 Å². The van der Waals surface area contributed by atoms with Crippen molar-refractivity contribution in [3.8, 4) is 0 Å². The van der Waals surface area contributed by atoms with Gasteiger partial charge in [0.25, 0.3) is 0 Å². The van der Waals surface area contributed by atoms with Crippen molar-refractivity contribution in [2.45, 2.75) is 102 Å². The lowest BCUT2D eigenvalue weighted by Crippen LogP contribution is -2.37. The number of hydrogen-bond acceptors (Lipinski definition) is 2. The summed E-state index contributed by atoms with van der Waals surface area (Å²) in [6, 6.07) is -0.236. The van der Waals surface area contributed by atoms with E-state index in [9.17, 15) is 4.79 Å². The van der Waals surface area contributed by atoms with Crippen molar-refractivity contribution in [1.29, 1.82) is 0 Å². The third kappa shape index (κ3) is 3.46. The first-order valence-electron chi connectivity index (χ1n) is 13.0. The van der Waals surface area contributed by atoms with Gasteiger partial charge in [-0.25, -0.2) is 0 Å². The van der Waals surface area contributed by atoms with Crippen LogP contribution in [0.3, 0.4) is 0 Å². The van der Waals surface area contributed by atoms with E-state index < -0.39 is 0 Å². The molecule has 5 aliphatic rings. The first kappa shape index (κ1) is 20.3. The Morgan fingerprint density at radius 3 is 2.45 bits per heavy atom. The first-order valence-corrected chi connectivity index (χ1v) is 13.0. The molecular formula is C27H43NO. The molecule has 0 aromatic rings. The maximum Gasteiger partial charge on any atom is 0.137 e. The summed E-state index contributed by atoms with van der Waals surface area (Å²) in [6.45, 7) is 4.57. The molecule has 0 aromatic heterocycles. The van der Waals surface area contributed by atoms with E-state index in [-0.39, 0.29) is 11.5 Å². The quantitative estimate of drug-likeness (QED) is 0.423. The molecule has 5 fully saturated rings. The smallest absolute Gasteiger partial charge is 0.137 e. The third-order valence-electron chi connectivity index (χ3n) is 10.6. The highest BCUT2D eigenvalue weighted by Gasteiger charge is 2.70. The summed E-state index contributed by atoms with van der Waals surface area (Å²) in [5.41, 5.74) is 8.29. The number of rotatable bonds is 6. The number of allylic oxidation sites excluding steroid dienone is 1. The molecular weight excluding hydrogens is 354 g/mol. The van der Waals surface area contributed by atoms with Crippen LogP contribution in [0.2, 0.25) is 0 Å². The highest BCUT2D eigenvalue weighted by Crippen LogP contribution is 2.73. The van der Waals surface area contributed by atoms with E-state index in [1.807, 2.05) is 0 Å². The standard InChI is InChI=1S/C27H43NO/c1-18-11-12-24-26(23-16-21(15-22(18)23)20-9-3-2-4-10-20)27(24,25(28)17-29)14-13-19-7-5-6-8-19/h17,19-26H,1-16,28H2/t21-,22+,23+,24+,25-,26-,27+/m0/s1. The van der Waals surface area contributed by atoms with Crippen LogP contribution in [0.1, 0.15) is 96.3 Å². The SMILES string of the molecule is C=C1CC[C@@H]2[C@H]([C@@H]3C[C@@H](C4CCCCC4)C[C@H]13)[C@@]2(CCC1CCCC1)[C@@H](N)C=O. The lowest BCUT2D eigenvalue weighted by molar-refractivity contribution is -0.110. The average Bonchev–Trinajstić information content (AvgIpc) is 3.09. The molecule has 0 aliphatic heterocycles. The summed E-state index contributed by atoms with van der Waals surface area (Å²) in [5.74, 6) is 5.69. The van der Waals surface area contributed by atoms with Crippen molar-refractivity contribution in [3.63, 3.8) is 0 Å². The highest BCUT2D eigenvalue weighted by atomic mass is 16.1. The Kier molecular flexibility index (Phi) is 5.69. The Labute approximate surface area is 178 Å². The molecule has 0 heterocycles. The average molecular weight is 398 g/mol. The molecule has 162 valence electrons. The van der Waals surface area contributed by atoms with Gasteiger partial charge in [0, 0.05) is 0 Å². The Bertz CT molecular complexity index is 616. The van der Waals surface area contributed by atoms with Crippen LogP contribution in [-0.4, -0.2) is 12.3 Å². The molecule has 0 saturated heterocycles. The normalized spacial score (nSPS) is 44.2. The predicted molar refractivity (Wildman–Crippen MR) is 119 cm³/mol. The summed E-state index contributed by atoms with van der Waals surface area (Å²) < 4.78 is 0. The van der Waals surface area contributed by atoms with E-state index in [1.54, 1.807) is 5.57 Å². The zero-order valence-corrected chi connectivity index (χ0v) is 18.5. The molecule has 2 N–H and O–H groups in total. The van der Waals surface area contributed by atoms with Crippen LogP contribution >= 0.6 is 0 Å². The monoisotopic (exact) mass is 397 g/mol. The molecule has 0 aromatic carbocycles. The predicted octanol–water partition coefficient (Wildman–Crippen LogP) is 6.29. The molecule has 2 nitrogen and oxygen atoms in total. The zero-order valence-electron chi connectivity index (χ0n) is 18.5. The number of carbonyl (C=O) groups excluding carboxylic acids is 1. The van der Waals surface area contributed by atoms with Crippen LogP contribution in [0.15, 0.2) is 12.2 Å². The topological polar surface area (TPSA) is 43.1 Å². The van der Waals surface area contributed by atoms with Gasteiger partial charge in [0.15, 0.2) is 0 Å². The number of aldehydes is 1. The minimum Gasteiger partial charge on any atom is -0.321 e. The summed E-state index contributed by atoms with van der Waals surface area (Å²) in [4.78, 5) is 11.9. The van der Waals surface area contributed by atoms with Gasteiger partial charge in [-0.15, -0.1) is 0 Å². The van der Waals surface area contributed by atoms with Gasteiger partial charge in [0.1, 0.15) is 6.29 Å². The lowest BCUT2D eigenvalue weighted by atomic mass is 9.77. The van der Waals surface area contributed by atoms with E-state index in [4.69, 9.17) is 5.73 Å². The van der Waals surface area contributed by atoms with E-state index in [1.165, 1.54) is 96.3 Å². The maximum absolute atomic E-state index is 11.9. The molecule has 5 saturated carbocycles. The number of fused-ring (bicyclic) bond motifs is 3. The lowest BCUT2D eigenvalue weighted by Gasteiger charge is -2.29. The minimum absolute atomic E-state index is 0.134. The zero-order chi connectivity index (χ0) is 20.0. The molecule has 7 atom stereocenters. The van der Waals surface area contributed by atoms with Gasteiger partial charge in [-0.3, -0.25) is 0 Å². The second-order valence-corrected chi connectivity index (χ2v) is 11.7. The Balaban J connectivity index is 1.35. The highest BCUT2D eigenvalue weighted by molar-refractivity contribution is 5.61. The van der Waals surface area contributed by atoms with E-state index >= 15 is 0 Å². The molecule has 29 heavy (non-hydrogen) atoms. The van der Waals surface area contributed by atoms with Gasteiger partial charge in [0.05, 0.1) is 6.04 Å². The molecule has 0 radical (unpaired) electrons. The molecule has 5 aliphatic carbocycles. The van der Waals surface area contributed by atoms with E-state index in [2.05, 4.69) is 6.58 Å².